The molecule has 0 bridgehead atoms. The summed E-state index contributed by atoms with van der Waals surface area (Å²) < 4.78 is 5.28. The van der Waals surface area contributed by atoms with Gasteiger partial charge in [-0.2, -0.15) is 0 Å². The molecule has 1 saturated carbocycles. The number of methoxy groups -OCH3 is 1. The van der Waals surface area contributed by atoms with Crippen molar-refractivity contribution in [1.29, 1.82) is 0 Å². The first-order chi connectivity index (χ1) is 6.81. The third kappa shape index (κ3) is 1.86. The Bertz CT molecular complexity index is 219. The van der Waals surface area contributed by atoms with Crippen LogP contribution in [0.1, 0.15) is 32.6 Å². The maximum absolute atomic E-state index is 5.28. The Hall–Kier alpha value is -0.730. The SMILES string of the molecule is COC1=NCCN1C1CCC(C)CC1. The van der Waals surface area contributed by atoms with Crippen molar-refractivity contribution in [2.45, 2.75) is 38.6 Å². The monoisotopic (exact) mass is 196 g/mol. The fourth-order valence-corrected chi connectivity index (χ4v) is 2.51. The first kappa shape index (κ1) is 9.81. The normalized spacial score (nSPS) is 33.0. The van der Waals surface area contributed by atoms with Crippen molar-refractivity contribution in [3.8, 4) is 0 Å². The molecule has 1 heterocycles. The molecular weight excluding hydrogens is 176 g/mol. The van der Waals surface area contributed by atoms with Crippen LogP contribution in [0.5, 0.6) is 0 Å². The molecule has 0 atom stereocenters. The van der Waals surface area contributed by atoms with Gasteiger partial charge in [-0.15, -0.1) is 0 Å². The molecule has 14 heavy (non-hydrogen) atoms. The minimum atomic E-state index is 0.687. The number of nitrogens with zero attached hydrogens (tertiary/aromatic N) is 2. The smallest absolute Gasteiger partial charge is 0.287 e. The summed E-state index contributed by atoms with van der Waals surface area (Å²) in [5.74, 6) is 0.914. The van der Waals surface area contributed by atoms with Gasteiger partial charge < -0.3 is 9.64 Å². The van der Waals surface area contributed by atoms with E-state index in [1.54, 1.807) is 7.11 Å². The van der Waals surface area contributed by atoms with E-state index < -0.39 is 0 Å². The van der Waals surface area contributed by atoms with Gasteiger partial charge in [0.05, 0.1) is 13.7 Å². The Morgan fingerprint density at radius 1 is 1.29 bits per heavy atom. The molecule has 0 aromatic heterocycles. The summed E-state index contributed by atoms with van der Waals surface area (Å²) in [5.41, 5.74) is 0. The lowest BCUT2D eigenvalue weighted by atomic mass is 9.87. The molecule has 80 valence electrons. The first-order valence-corrected chi connectivity index (χ1v) is 5.66. The highest BCUT2D eigenvalue weighted by Crippen LogP contribution is 2.28. The number of rotatable bonds is 1. The van der Waals surface area contributed by atoms with Crippen molar-refractivity contribution in [2.24, 2.45) is 10.9 Å². The summed E-state index contributed by atoms with van der Waals surface area (Å²) in [6.07, 6.45) is 5.34. The van der Waals surface area contributed by atoms with E-state index in [9.17, 15) is 0 Å². The molecule has 3 nitrogen and oxygen atoms in total. The van der Waals surface area contributed by atoms with E-state index in [1.807, 2.05) is 0 Å². The average Bonchev–Trinajstić information content (AvgIpc) is 2.67. The highest BCUT2D eigenvalue weighted by Gasteiger charge is 2.28. The number of ether oxygens (including phenoxy) is 1. The second kappa shape index (κ2) is 4.20. The lowest BCUT2D eigenvalue weighted by molar-refractivity contribution is 0.190. The van der Waals surface area contributed by atoms with Crippen LogP contribution in [0.25, 0.3) is 0 Å². The predicted molar refractivity (Wildman–Crippen MR) is 57.4 cm³/mol. The van der Waals surface area contributed by atoms with Gasteiger partial charge in [-0.3, -0.25) is 0 Å². The maximum atomic E-state index is 5.28. The van der Waals surface area contributed by atoms with E-state index in [1.165, 1.54) is 25.7 Å². The molecule has 2 rings (SSSR count). The molecule has 0 aromatic rings. The fraction of sp³-hybridized carbons (Fsp3) is 0.909. The van der Waals surface area contributed by atoms with Crippen molar-refractivity contribution in [1.82, 2.24) is 4.90 Å². The Labute approximate surface area is 86.1 Å². The molecular formula is C11H20N2O. The summed E-state index contributed by atoms with van der Waals surface area (Å²) in [6, 6.07) is 1.55. The number of hydrogen-bond acceptors (Lipinski definition) is 3. The Morgan fingerprint density at radius 2 is 2.00 bits per heavy atom. The topological polar surface area (TPSA) is 24.8 Å². The van der Waals surface area contributed by atoms with Crippen LogP contribution in [0, 0.1) is 5.92 Å². The average molecular weight is 196 g/mol. The molecule has 0 saturated heterocycles. The minimum Gasteiger partial charge on any atom is -0.468 e. The summed E-state index contributed by atoms with van der Waals surface area (Å²) >= 11 is 0. The molecule has 0 aromatic carbocycles. The van der Waals surface area contributed by atoms with Crippen LogP contribution in [0.15, 0.2) is 4.99 Å². The van der Waals surface area contributed by atoms with Crippen LogP contribution in [-0.4, -0.2) is 37.2 Å². The van der Waals surface area contributed by atoms with Gasteiger partial charge in [-0.05, 0) is 31.6 Å². The zero-order valence-corrected chi connectivity index (χ0v) is 9.20. The van der Waals surface area contributed by atoms with Gasteiger partial charge in [0.2, 0.25) is 0 Å². The minimum absolute atomic E-state index is 0.687. The molecule has 0 spiro atoms. The van der Waals surface area contributed by atoms with Gasteiger partial charge in [0, 0.05) is 12.6 Å². The second-order valence-electron chi connectivity index (χ2n) is 4.48. The van der Waals surface area contributed by atoms with Crippen molar-refractivity contribution < 1.29 is 4.74 Å². The lowest BCUT2D eigenvalue weighted by Crippen LogP contribution is -2.40. The maximum Gasteiger partial charge on any atom is 0.287 e. The predicted octanol–water partition coefficient (Wildman–Crippen LogP) is 1.88. The Kier molecular flexibility index (Phi) is 2.94. The fourth-order valence-electron chi connectivity index (χ4n) is 2.51. The van der Waals surface area contributed by atoms with E-state index in [0.717, 1.165) is 25.0 Å². The summed E-state index contributed by atoms with van der Waals surface area (Å²) in [7, 11) is 1.72. The van der Waals surface area contributed by atoms with Gasteiger partial charge in [0.1, 0.15) is 0 Å². The van der Waals surface area contributed by atoms with Crippen molar-refractivity contribution in [2.75, 3.05) is 20.2 Å². The third-order valence-electron chi connectivity index (χ3n) is 3.44. The van der Waals surface area contributed by atoms with Gasteiger partial charge >= 0.3 is 0 Å². The molecule has 3 heteroatoms. The largest absolute Gasteiger partial charge is 0.468 e. The molecule has 2 aliphatic rings. The molecule has 0 unspecified atom stereocenters. The molecule has 1 aliphatic heterocycles. The van der Waals surface area contributed by atoms with E-state index in [0.29, 0.717) is 6.04 Å². The second-order valence-corrected chi connectivity index (χ2v) is 4.48. The van der Waals surface area contributed by atoms with Crippen molar-refractivity contribution >= 4 is 6.02 Å². The van der Waals surface area contributed by atoms with E-state index in [2.05, 4.69) is 16.8 Å². The number of aliphatic imine (C=N–C) groups is 1. The van der Waals surface area contributed by atoms with Crippen LogP contribution in [0.2, 0.25) is 0 Å². The number of amidine groups is 1. The van der Waals surface area contributed by atoms with Crippen LogP contribution in [-0.2, 0) is 4.74 Å². The molecule has 0 amide bonds. The Morgan fingerprint density at radius 3 is 2.64 bits per heavy atom. The molecule has 0 radical (unpaired) electrons. The summed E-state index contributed by atoms with van der Waals surface area (Å²) in [5, 5.41) is 0. The third-order valence-corrected chi connectivity index (χ3v) is 3.44. The molecule has 1 fully saturated rings. The summed E-state index contributed by atoms with van der Waals surface area (Å²) in [4.78, 5) is 6.70. The standard InChI is InChI=1S/C11H20N2O/c1-9-3-5-10(6-4-9)13-8-7-12-11(13)14-2/h9-10H,3-8H2,1-2H3. The van der Waals surface area contributed by atoms with E-state index in [4.69, 9.17) is 4.74 Å². The lowest BCUT2D eigenvalue weighted by Gasteiger charge is -2.34. The van der Waals surface area contributed by atoms with Crippen molar-refractivity contribution in [3.63, 3.8) is 0 Å². The highest BCUT2D eigenvalue weighted by molar-refractivity contribution is 5.75. The van der Waals surface area contributed by atoms with Crippen molar-refractivity contribution in [3.05, 3.63) is 0 Å². The zero-order chi connectivity index (χ0) is 9.97. The van der Waals surface area contributed by atoms with E-state index >= 15 is 0 Å². The van der Waals surface area contributed by atoms with Gasteiger partial charge in [-0.1, -0.05) is 6.92 Å². The Balaban J connectivity index is 1.92. The van der Waals surface area contributed by atoms with Crippen LogP contribution in [0.4, 0.5) is 0 Å². The van der Waals surface area contributed by atoms with Crippen LogP contribution >= 0.6 is 0 Å². The molecule has 1 aliphatic carbocycles. The van der Waals surface area contributed by atoms with Crippen LogP contribution in [0.3, 0.4) is 0 Å². The van der Waals surface area contributed by atoms with Gasteiger partial charge in [-0.25, -0.2) is 4.99 Å². The quantitative estimate of drug-likeness (QED) is 0.639. The molecule has 0 N–H and O–H groups in total. The van der Waals surface area contributed by atoms with Crippen LogP contribution < -0.4 is 0 Å². The zero-order valence-electron chi connectivity index (χ0n) is 9.20. The van der Waals surface area contributed by atoms with Gasteiger partial charge in [0.15, 0.2) is 0 Å². The number of hydrogen-bond donors (Lipinski definition) is 0. The van der Waals surface area contributed by atoms with E-state index in [-0.39, 0.29) is 0 Å². The van der Waals surface area contributed by atoms with Gasteiger partial charge in [0.25, 0.3) is 6.02 Å². The first-order valence-electron chi connectivity index (χ1n) is 5.66. The highest BCUT2D eigenvalue weighted by atomic mass is 16.5. The summed E-state index contributed by atoms with van der Waals surface area (Å²) in [6.45, 7) is 4.32.